The van der Waals surface area contributed by atoms with Crippen LogP contribution in [0.2, 0.25) is 0 Å². The highest BCUT2D eigenvalue weighted by molar-refractivity contribution is 6.04. The van der Waals surface area contributed by atoms with Gasteiger partial charge in [-0.3, -0.25) is 14.6 Å². The highest BCUT2D eigenvalue weighted by Crippen LogP contribution is 2.12. The smallest absolute Gasteiger partial charge is 0.255 e. The number of hydrogen-bond donors (Lipinski definition) is 2. The average molecular weight is 269 g/mol. The van der Waals surface area contributed by atoms with E-state index in [1.807, 2.05) is 18.2 Å². The third-order valence-corrected chi connectivity index (χ3v) is 2.67. The Labute approximate surface area is 117 Å². The van der Waals surface area contributed by atoms with Crippen LogP contribution in [0.1, 0.15) is 22.8 Å². The van der Waals surface area contributed by atoms with Crippen LogP contribution >= 0.6 is 0 Å². The van der Waals surface area contributed by atoms with Gasteiger partial charge in [-0.15, -0.1) is 0 Å². The van der Waals surface area contributed by atoms with Crippen LogP contribution in [0.15, 0.2) is 48.8 Å². The van der Waals surface area contributed by atoms with Gasteiger partial charge < -0.3 is 10.6 Å². The lowest BCUT2D eigenvalue weighted by Crippen LogP contribution is -2.19. The fraction of sp³-hybridized carbons (Fsp3) is 0.133. The van der Waals surface area contributed by atoms with Gasteiger partial charge in [0.2, 0.25) is 5.91 Å². The van der Waals surface area contributed by atoms with Crippen LogP contribution in [0, 0.1) is 0 Å². The summed E-state index contributed by atoms with van der Waals surface area (Å²) in [7, 11) is 0. The van der Waals surface area contributed by atoms with Gasteiger partial charge in [0.1, 0.15) is 0 Å². The molecule has 0 saturated heterocycles. The van der Waals surface area contributed by atoms with Crippen LogP contribution in [0.3, 0.4) is 0 Å². The molecule has 0 bridgehead atoms. The average Bonchev–Trinajstić information content (AvgIpc) is 2.46. The molecule has 0 atom stereocenters. The van der Waals surface area contributed by atoms with Crippen molar-refractivity contribution >= 4 is 17.5 Å². The molecule has 1 heterocycles. The maximum Gasteiger partial charge on any atom is 0.255 e. The standard InChI is InChI=1S/C15H15N3O2/c1-11(19)17-10-12-3-2-4-14(9-12)18-15(20)13-5-7-16-8-6-13/h2-9H,10H2,1H3,(H,17,19)(H,18,20). The number of amides is 2. The van der Waals surface area contributed by atoms with Gasteiger partial charge >= 0.3 is 0 Å². The first-order valence-electron chi connectivity index (χ1n) is 6.20. The monoisotopic (exact) mass is 269 g/mol. The Hall–Kier alpha value is -2.69. The quantitative estimate of drug-likeness (QED) is 0.891. The minimum absolute atomic E-state index is 0.0868. The van der Waals surface area contributed by atoms with E-state index in [9.17, 15) is 9.59 Å². The number of anilines is 1. The zero-order valence-corrected chi connectivity index (χ0v) is 11.1. The summed E-state index contributed by atoms with van der Waals surface area (Å²) in [4.78, 5) is 26.7. The van der Waals surface area contributed by atoms with Gasteiger partial charge in [-0.25, -0.2) is 0 Å². The first-order valence-corrected chi connectivity index (χ1v) is 6.20. The van der Waals surface area contributed by atoms with Crippen molar-refractivity contribution in [2.75, 3.05) is 5.32 Å². The number of carbonyl (C=O) groups excluding carboxylic acids is 2. The van der Waals surface area contributed by atoms with E-state index in [4.69, 9.17) is 0 Å². The molecule has 0 fully saturated rings. The number of nitrogens with zero attached hydrogens (tertiary/aromatic N) is 1. The Bertz CT molecular complexity index is 612. The summed E-state index contributed by atoms with van der Waals surface area (Å²) in [6.45, 7) is 1.91. The minimum Gasteiger partial charge on any atom is -0.352 e. The van der Waals surface area contributed by atoms with Crippen molar-refractivity contribution in [2.45, 2.75) is 13.5 Å². The maximum absolute atomic E-state index is 12.0. The fourth-order valence-electron chi connectivity index (χ4n) is 1.69. The van der Waals surface area contributed by atoms with Crippen LogP contribution < -0.4 is 10.6 Å². The molecule has 0 saturated carbocycles. The molecule has 2 rings (SSSR count). The van der Waals surface area contributed by atoms with E-state index >= 15 is 0 Å². The van der Waals surface area contributed by atoms with E-state index in [1.165, 1.54) is 6.92 Å². The molecule has 0 radical (unpaired) electrons. The summed E-state index contributed by atoms with van der Waals surface area (Å²) in [6, 6.07) is 10.6. The largest absolute Gasteiger partial charge is 0.352 e. The van der Waals surface area contributed by atoms with Gasteiger partial charge in [0.15, 0.2) is 0 Å². The first kappa shape index (κ1) is 13.7. The number of rotatable bonds is 4. The summed E-state index contributed by atoms with van der Waals surface area (Å²) >= 11 is 0. The highest BCUT2D eigenvalue weighted by atomic mass is 16.2. The van der Waals surface area contributed by atoms with Crippen LogP contribution in [0.5, 0.6) is 0 Å². The number of pyridine rings is 1. The van der Waals surface area contributed by atoms with Crippen molar-refractivity contribution in [3.05, 3.63) is 59.9 Å². The predicted octanol–water partition coefficient (Wildman–Crippen LogP) is 1.97. The molecule has 5 nitrogen and oxygen atoms in total. The highest BCUT2D eigenvalue weighted by Gasteiger charge is 2.05. The van der Waals surface area contributed by atoms with E-state index in [0.29, 0.717) is 17.8 Å². The van der Waals surface area contributed by atoms with E-state index in [-0.39, 0.29) is 11.8 Å². The predicted molar refractivity (Wildman–Crippen MR) is 76.2 cm³/mol. The second-order valence-electron chi connectivity index (χ2n) is 4.30. The van der Waals surface area contributed by atoms with E-state index < -0.39 is 0 Å². The topological polar surface area (TPSA) is 71.1 Å². The summed E-state index contributed by atoms with van der Waals surface area (Å²) in [5.74, 6) is -0.277. The number of carbonyl (C=O) groups is 2. The summed E-state index contributed by atoms with van der Waals surface area (Å²) in [5.41, 5.74) is 2.16. The summed E-state index contributed by atoms with van der Waals surface area (Å²) in [5, 5.41) is 5.52. The molecule has 0 aliphatic rings. The summed E-state index contributed by atoms with van der Waals surface area (Å²) < 4.78 is 0. The molecule has 1 aromatic carbocycles. The van der Waals surface area contributed by atoms with Crippen LogP contribution in [-0.2, 0) is 11.3 Å². The molecule has 20 heavy (non-hydrogen) atoms. The molecular formula is C15H15N3O2. The maximum atomic E-state index is 12.0. The zero-order chi connectivity index (χ0) is 14.4. The van der Waals surface area contributed by atoms with Gasteiger partial charge in [0, 0.05) is 37.1 Å². The Morgan fingerprint density at radius 1 is 1.15 bits per heavy atom. The summed E-state index contributed by atoms with van der Waals surface area (Å²) in [6.07, 6.45) is 3.14. The number of nitrogens with one attached hydrogen (secondary N) is 2. The first-order chi connectivity index (χ1) is 9.65. The van der Waals surface area contributed by atoms with Crippen molar-refractivity contribution in [3.8, 4) is 0 Å². The van der Waals surface area contributed by atoms with Crippen molar-refractivity contribution < 1.29 is 9.59 Å². The minimum atomic E-state index is -0.191. The Balaban J connectivity index is 2.04. The fourth-order valence-corrected chi connectivity index (χ4v) is 1.69. The number of benzene rings is 1. The van der Waals surface area contributed by atoms with Crippen molar-refractivity contribution in [1.82, 2.24) is 10.3 Å². The third-order valence-electron chi connectivity index (χ3n) is 2.67. The zero-order valence-electron chi connectivity index (χ0n) is 11.1. The van der Waals surface area contributed by atoms with E-state index in [1.54, 1.807) is 30.6 Å². The molecule has 2 N–H and O–H groups in total. The molecule has 2 aromatic rings. The van der Waals surface area contributed by atoms with E-state index in [2.05, 4.69) is 15.6 Å². The SMILES string of the molecule is CC(=O)NCc1cccc(NC(=O)c2ccncc2)c1. The van der Waals surface area contributed by atoms with Gasteiger partial charge in [-0.05, 0) is 29.8 Å². The van der Waals surface area contributed by atoms with Crippen LogP contribution in [0.25, 0.3) is 0 Å². The lowest BCUT2D eigenvalue weighted by Gasteiger charge is -2.08. The second-order valence-corrected chi connectivity index (χ2v) is 4.30. The third kappa shape index (κ3) is 3.91. The van der Waals surface area contributed by atoms with Crippen molar-refractivity contribution in [3.63, 3.8) is 0 Å². The lowest BCUT2D eigenvalue weighted by atomic mass is 10.2. The Morgan fingerprint density at radius 2 is 1.90 bits per heavy atom. The normalized spacial score (nSPS) is 9.85. The molecule has 102 valence electrons. The number of aromatic nitrogens is 1. The molecule has 2 amide bonds. The Morgan fingerprint density at radius 3 is 2.60 bits per heavy atom. The lowest BCUT2D eigenvalue weighted by molar-refractivity contribution is -0.119. The molecule has 0 aliphatic carbocycles. The van der Waals surface area contributed by atoms with Crippen LogP contribution in [0.4, 0.5) is 5.69 Å². The van der Waals surface area contributed by atoms with Gasteiger partial charge in [0.05, 0.1) is 0 Å². The van der Waals surface area contributed by atoms with Crippen LogP contribution in [-0.4, -0.2) is 16.8 Å². The molecular weight excluding hydrogens is 254 g/mol. The Kier molecular flexibility index (Phi) is 4.44. The molecule has 0 aliphatic heterocycles. The molecule has 1 aromatic heterocycles. The van der Waals surface area contributed by atoms with Crippen molar-refractivity contribution in [1.29, 1.82) is 0 Å². The van der Waals surface area contributed by atoms with Crippen molar-refractivity contribution in [2.24, 2.45) is 0 Å². The van der Waals surface area contributed by atoms with Gasteiger partial charge in [0.25, 0.3) is 5.91 Å². The second kappa shape index (κ2) is 6.47. The van der Waals surface area contributed by atoms with Gasteiger partial charge in [-0.2, -0.15) is 0 Å². The van der Waals surface area contributed by atoms with Gasteiger partial charge in [-0.1, -0.05) is 12.1 Å². The molecule has 0 unspecified atom stereocenters. The molecule has 5 heteroatoms. The van der Waals surface area contributed by atoms with E-state index in [0.717, 1.165) is 5.56 Å². The molecule has 0 spiro atoms. The number of hydrogen-bond acceptors (Lipinski definition) is 3.